The number of hydrogen-bond acceptors (Lipinski definition) is 8. The summed E-state index contributed by atoms with van der Waals surface area (Å²) in [4.78, 5) is 0. The lowest BCUT2D eigenvalue weighted by atomic mass is 9.99. The molecule has 118 valence electrons. The van der Waals surface area contributed by atoms with Gasteiger partial charge in [0.2, 0.25) is 6.29 Å². The topological polar surface area (TPSA) is 140 Å². The van der Waals surface area contributed by atoms with Gasteiger partial charge in [-0.2, -0.15) is 0 Å². The first kappa shape index (κ1) is 16.0. The average molecular weight is 302 g/mol. The van der Waals surface area contributed by atoms with E-state index in [1.165, 1.54) is 18.2 Å². The van der Waals surface area contributed by atoms with Crippen molar-refractivity contribution in [2.75, 3.05) is 6.61 Å². The number of ether oxygens (including phenoxy) is 2. The minimum Gasteiger partial charge on any atom is -0.508 e. The van der Waals surface area contributed by atoms with Crippen molar-refractivity contribution in [1.29, 1.82) is 0 Å². The summed E-state index contributed by atoms with van der Waals surface area (Å²) >= 11 is 0. The lowest BCUT2D eigenvalue weighted by molar-refractivity contribution is -0.277. The Kier molecular flexibility index (Phi) is 4.99. The monoisotopic (exact) mass is 302 g/mol. The van der Waals surface area contributed by atoms with Crippen LogP contribution in [-0.4, -0.2) is 68.0 Å². The van der Waals surface area contributed by atoms with Gasteiger partial charge in [-0.3, -0.25) is 0 Å². The zero-order valence-corrected chi connectivity index (χ0v) is 11.0. The van der Waals surface area contributed by atoms with Crippen LogP contribution in [0.5, 0.6) is 11.5 Å². The van der Waals surface area contributed by atoms with Gasteiger partial charge >= 0.3 is 0 Å². The second-order valence-corrected chi connectivity index (χ2v) is 4.77. The van der Waals surface area contributed by atoms with Gasteiger partial charge in [0.25, 0.3) is 0 Å². The van der Waals surface area contributed by atoms with Crippen LogP contribution >= 0.6 is 0 Å². The maximum Gasteiger partial charge on any atom is 0.229 e. The van der Waals surface area contributed by atoms with E-state index in [0.717, 1.165) is 0 Å². The number of hydrogen-bond donors (Lipinski definition) is 6. The molecule has 1 fully saturated rings. The van der Waals surface area contributed by atoms with Crippen LogP contribution < -0.4 is 4.74 Å². The maximum atomic E-state index is 9.85. The van der Waals surface area contributed by atoms with Crippen LogP contribution in [0.1, 0.15) is 5.56 Å². The second kappa shape index (κ2) is 6.56. The third kappa shape index (κ3) is 3.26. The van der Waals surface area contributed by atoms with Crippen LogP contribution in [0.3, 0.4) is 0 Å². The molecule has 0 amide bonds. The van der Waals surface area contributed by atoms with Gasteiger partial charge in [-0.15, -0.1) is 0 Å². The SMILES string of the molecule is OCc1cc(O)ccc1O[C@H]1O[C@@H](CO)[C@H](O)[C@H](O)[C@@H]1O. The highest BCUT2D eigenvalue weighted by Gasteiger charge is 2.44. The van der Waals surface area contributed by atoms with Crippen molar-refractivity contribution in [3.8, 4) is 11.5 Å². The summed E-state index contributed by atoms with van der Waals surface area (Å²) in [7, 11) is 0. The number of aliphatic hydroxyl groups is 5. The molecule has 0 radical (unpaired) electrons. The second-order valence-electron chi connectivity index (χ2n) is 4.77. The largest absolute Gasteiger partial charge is 0.508 e. The standard InChI is InChI=1S/C13H18O8/c14-4-6-3-7(16)1-2-8(6)20-13-12(19)11(18)10(17)9(5-15)21-13/h1-3,9-19H,4-5H2/t9-,10-,11-,12-,13-/m0/s1. The summed E-state index contributed by atoms with van der Waals surface area (Å²) in [5.74, 6) is 0.0693. The molecule has 1 aromatic carbocycles. The lowest BCUT2D eigenvalue weighted by Gasteiger charge is -2.39. The van der Waals surface area contributed by atoms with Crippen molar-refractivity contribution in [2.24, 2.45) is 0 Å². The predicted octanol–water partition coefficient (Wildman–Crippen LogP) is -1.94. The van der Waals surface area contributed by atoms with Gasteiger partial charge in [0.05, 0.1) is 13.2 Å². The fourth-order valence-corrected chi connectivity index (χ4v) is 2.09. The summed E-state index contributed by atoms with van der Waals surface area (Å²) in [5, 5.41) is 56.8. The predicted molar refractivity (Wildman–Crippen MR) is 68.4 cm³/mol. The minimum atomic E-state index is -1.55. The van der Waals surface area contributed by atoms with Crippen LogP contribution in [0.2, 0.25) is 0 Å². The quantitative estimate of drug-likeness (QED) is 0.378. The average Bonchev–Trinajstić information content (AvgIpc) is 2.49. The van der Waals surface area contributed by atoms with E-state index in [1.807, 2.05) is 0 Å². The Morgan fingerprint density at radius 1 is 1.05 bits per heavy atom. The molecule has 0 unspecified atom stereocenters. The van der Waals surface area contributed by atoms with Gasteiger partial charge in [0.1, 0.15) is 35.9 Å². The molecular weight excluding hydrogens is 284 g/mol. The fourth-order valence-electron chi connectivity index (χ4n) is 2.09. The summed E-state index contributed by atoms with van der Waals surface area (Å²) in [5.41, 5.74) is 0.256. The minimum absolute atomic E-state index is 0.0693. The smallest absolute Gasteiger partial charge is 0.229 e. The van der Waals surface area contributed by atoms with Crippen LogP contribution in [0.4, 0.5) is 0 Å². The molecule has 21 heavy (non-hydrogen) atoms. The molecule has 1 saturated heterocycles. The van der Waals surface area contributed by atoms with Crippen LogP contribution in [-0.2, 0) is 11.3 Å². The van der Waals surface area contributed by atoms with Gasteiger partial charge in [0.15, 0.2) is 0 Å². The van der Waals surface area contributed by atoms with Crippen molar-refractivity contribution in [2.45, 2.75) is 37.3 Å². The highest BCUT2D eigenvalue weighted by Crippen LogP contribution is 2.28. The van der Waals surface area contributed by atoms with Crippen molar-refractivity contribution in [1.82, 2.24) is 0 Å². The molecule has 0 aliphatic carbocycles. The van der Waals surface area contributed by atoms with Gasteiger partial charge < -0.3 is 40.1 Å². The summed E-state index contributed by atoms with van der Waals surface area (Å²) in [6, 6.07) is 3.96. The number of benzene rings is 1. The van der Waals surface area contributed by atoms with Gasteiger partial charge in [-0.1, -0.05) is 0 Å². The molecule has 1 aliphatic rings. The zero-order valence-electron chi connectivity index (χ0n) is 11.0. The Bertz CT molecular complexity index is 477. The molecule has 0 saturated carbocycles. The Balaban J connectivity index is 2.18. The van der Waals surface area contributed by atoms with E-state index < -0.39 is 43.9 Å². The Morgan fingerprint density at radius 2 is 1.76 bits per heavy atom. The van der Waals surface area contributed by atoms with Crippen LogP contribution in [0.15, 0.2) is 18.2 Å². The van der Waals surface area contributed by atoms with E-state index in [2.05, 4.69) is 0 Å². The van der Waals surface area contributed by atoms with Gasteiger partial charge in [-0.25, -0.2) is 0 Å². The maximum absolute atomic E-state index is 9.85. The van der Waals surface area contributed by atoms with Crippen molar-refractivity contribution in [3.05, 3.63) is 23.8 Å². The zero-order chi connectivity index (χ0) is 15.6. The molecule has 0 bridgehead atoms. The van der Waals surface area contributed by atoms with Crippen molar-refractivity contribution < 1.29 is 40.1 Å². The van der Waals surface area contributed by atoms with Crippen molar-refractivity contribution in [3.63, 3.8) is 0 Å². The third-order valence-electron chi connectivity index (χ3n) is 3.31. The number of rotatable bonds is 4. The lowest BCUT2D eigenvalue weighted by Crippen LogP contribution is -2.60. The van der Waals surface area contributed by atoms with E-state index in [9.17, 15) is 25.5 Å². The molecular formula is C13H18O8. The Labute approximate surface area is 120 Å². The van der Waals surface area contributed by atoms with E-state index in [4.69, 9.17) is 14.6 Å². The van der Waals surface area contributed by atoms with Crippen LogP contribution in [0, 0.1) is 0 Å². The third-order valence-corrected chi connectivity index (χ3v) is 3.31. The summed E-state index contributed by atoms with van der Waals surface area (Å²) in [6.45, 7) is -0.978. The van der Waals surface area contributed by atoms with E-state index in [-0.39, 0.29) is 17.1 Å². The Hall–Kier alpha value is -1.42. The molecule has 1 heterocycles. The Morgan fingerprint density at radius 3 is 2.38 bits per heavy atom. The summed E-state index contributed by atoms with van der Waals surface area (Å²) < 4.78 is 10.6. The molecule has 2 rings (SSSR count). The fraction of sp³-hybridized carbons (Fsp3) is 0.538. The normalized spacial score (nSPS) is 32.9. The van der Waals surface area contributed by atoms with E-state index in [1.54, 1.807) is 0 Å². The molecule has 1 aliphatic heterocycles. The molecule has 8 nitrogen and oxygen atoms in total. The number of aliphatic hydroxyl groups excluding tert-OH is 5. The molecule has 8 heteroatoms. The first-order chi connectivity index (χ1) is 9.97. The van der Waals surface area contributed by atoms with E-state index >= 15 is 0 Å². The molecule has 1 aromatic rings. The first-order valence-electron chi connectivity index (χ1n) is 6.38. The molecule has 6 N–H and O–H groups in total. The number of aromatic hydroxyl groups is 1. The van der Waals surface area contributed by atoms with Gasteiger partial charge in [0, 0.05) is 5.56 Å². The highest BCUT2D eigenvalue weighted by atomic mass is 16.7. The first-order valence-corrected chi connectivity index (χ1v) is 6.38. The van der Waals surface area contributed by atoms with Crippen LogP contribution in [0.25, 0.3) is 0 Å². The highest BCUT2D eigenvalue weighted by molar-refractivity contribution is 5.39. The number of phenolic OH excluding ortho intramolecular Hbond substituents is 1. The summed E-state index contributed by atoms with van der Waals surface area (Å²) in [6.07, 6.45) is -6.97. The van der Waals surface area contributed by atoms with Gasteiger partial charge in [-0.05, 0) is 18.2 Å². The molecule has 0 spiro atoms. The molecule has 0 aromatic heterocycles. The number of phenols is 1. The van der Waals surface area contributed by atoms with Crippen molar-refractivity contribution >= 4 is 0 Å². The molecule has 5 atom stereocenters. The van der Waals surface area contributed by atoms with E-state index in [0.29, 0.717) is 0 Å².